The van der Waals surface area contributed by atoms with Crippen LogP contribution in [-0.4, -0.2) is 35.4 Å². The molecule has 1 unspecified atom stereocenters. The summed E-state index contributed by atoms with van der Waals surface area (Å²) in [5.41, 5.74) is 0.571. The molecule has 1 atom stereocenters. The van der Waals surface area contributed by atoms with Gasteiger partial charge < -0.3 is 10.2 Å². The summed E-state index contributed by atoms with van der Waals surface area (Å²) in [5.74, 6) is 0.619. The number of hydrogen-bond acceptors (Lipinski definition) is 3. The van der Waals surface area contributed by atoms with Gasteiger partial charge in [-0.05, 0) is 31.9 Å². The van der Waals surface area contributed by atoms with E-state index in [1.54, 1.807) is 17.0 Å². The Morgan fingerprint density at radius 1 is 1.47 bits per heavy atom. The van der Waals surface area contributed by atoms with Gasteiger partial charge in [0.05, 0.1) is 0 Å². The highest BCUT2D eigenvalue weighted by molar-refractivity contribution is 6.29. The Balaban J connectivity index is 2.93. The van der Waals surface area contributed by atoms with Crippen LogP contribution in [0, 0.1) is 0 Å². The van der Waals surface area contributed by atoms with E-state index in [0.717, 1.165) is 19.4 Å². The number of carbonyl (C=O) groups excluding carboxylic acids is 1. The molecular weight excluding hydrogens is 262 g/mol. The van der Waals surface area contributed by atoms with Gasteiger partial charge in [-0.1, -0.05) is 25.4 Å². The highest BCUT2D eigenvalue weighted by Crippen LogP contribution is 2.17. The van der Waals surface area contributed by atoms with E-state index in [-0.39, 0.29) is 11.9 Å². The Morgan fingerprint density at radius 3 is 2.74 bits per heavy atom. The highest BCUT2D eigenvalue weighted by Gasteiger charge is 2.17. The van der Waals surface area contributed by atoms with E-state index in [4.69, 9.17) is 11.6 Å². The van der Waals surface area contributed by atoms with Crippen molar-refractivity contribution in [1.82, 2.24) is 9.88 Å². The number of carbonyl (C=O) groups is 1. The molecular formula is C14H22ClN3O. The molecule has 0 aliphatic heterocycles. The molecule has 0 saturated heterocycles. The first-order valence-electron chi connectivity index (χ1n) is 6.68. The first kappa shape index (κ1) is 15.8. The highest BCUT2D eigenvalue weighted by atomic mass is 35.5. The first-order chi connectivity index (χ1) is 8.99. The van der Waals surface area contributed by atoms with Crippen molar-refractivity contribution in [3.05, 3.63) is 22.8 Å². The SMILES string of the molecule is CCCNc1cc(C(=O)N(C)C(C)CC)cc(Cl)n1. The summed E-state index contributed by atoms with van der Waals surface area (Å²) in [6, 6.07) is 3.56. The number of aromatic nitrogens is 1. The van der Waals surface area contributed by atoms with Crippen LogP contribution in [-0.2, 0) is 0 Å². The second-order valence-electron chi connectivity index (χ2n) is 4.66. The number of rotatable bonds is 6. The van der Waals surface area contributed by atoms with Crippen molar-refractivity contribution < 1.29 is 4.79 Å². The van der Waals surface area contributed by atoms with E-state index in [1.807, 2.05) is 14.0 Å². The van der Waals surface area contributed by atoms with Crippen LogP contribution in [0.3, 0.4) is 0 Å². The second-order valence-corrected chi connectivity index (χ2v) is 5.05. The number of pyridine rings is 1. The molecule has 0 saturated carbocycles. The van der Waals surface area contributed by atoms with Crippen molar-refractivity contribution in [3.63, 3.8) is 0 Å². The predicted molar refractivity (Wildman–Crippen MR) is 79.9 cm³/mol. The Morgan fingerprint density at radius 2 is 2.16 bits per heavy atom. The third-order valence-corrected chi connectivity index (χ3v) is 3.36. The normalized spacial score (nSPS) is 12.1. The second kappa shape index (κ2) is 7.34. The maximum Gasteiger partial charge on any atom is 0.254 e. The van der Waals surface area contributed by atoms with Gasteiger partial charge in [-0.15, -0.1) is 0 Å². The topological polar surface area (TPSA) is 45.2 Å². The van der Waals surface area contributed by atoms with Gasteiger partial charge in [-0.2, -0.15) is 0 Å². The van der Waals surface area contributed by atoms with Crippen molar-refractivity contribution in [2.24, 2.45) is 0 Å². The Hall–Kier alpha value is -1.29. The molecule has 4 nitrogen and oxygen atoms in total. The molecule has 1 rings (SSSR count). The molecule has 0 fully saturated rings. The lowest BCUT2D eigenvalue weighted by molar-refractivity contribution is 0.0740. The predicted octanol–water partition coefficient (Wildman–Crippen LogP) is 3.43. The standard InChI is InChI=1S/C14H22ClN3O/c1-5-7-16-13-9-11(8-12(15)17-13)14(19)18(4)10(3)6-2/h8-10H,5-7H2,1-4H3,(H,16,17). The van der Waals surface area contributed by atoms with Gasteiger partial charge in [0.15, 0.2) is 0 Å². The third-order valence-electron chi connectivity index (χ3n) is 3.17. The van der Waals surface area contributed by atoms with E-state index in [2.05, 4.69) is 24.1 Å². The average Bonchev–Trinajstić information content (AvgIpc) is 2.41. The van der Waals surface area contributed by atoms with Crippen molar-refractivity contribution >= 4 is 23.3 Å². The van der Waals surface area contributed by atoms with Crippen molar-refractivity contribution in [3.8, 4) is 0 Å². The number of nitrogens with zero attached hydrogens (tertiary/aromatic N) is 2. The molecule has 19 heavy (non-hydrogen) atoms. The van der Waals surface area contributed by atoms with Crippen LogP contribution in [0.5, 0.6) is 0 Å². The van der Waals surface area contributed by atoms with Crippen molar-refractivity contribution in [2.45, 2.75) is 39.7 Å². The molecule has 0 radical (unpaired) electrons. The summed E-state index contributed by atoms with van der Waals surface area (Å²) in [4.78, 5) is 18.2. The minimum Gasteiger partial charge on any atom is -0.370 e. The quantitative estimate of drug-likeness (QED) is 0.814. The summed E-state index contributed by atoms with van der Waals surface area (Å²) in [6.07, 6.45) is 1.91. The zero-order chi connectivity index (χ0) is 14.4. The van der Waals surface area contributed by atoms with E-state index in [9.17, 15) is 4.79 Å². The monoisotopic (exact) mass is 283 g/mol. The summed E-state index contributed by atoms with van der Waals surface area (Å²) in [6.45, 7) is 6.96. The van der Waals surface area contributed by atoms with Gasteiger partial charge in [-0.25, -0.2) is 4.98 Å². The lowest BCUT2D eigenvalue weighted by atomic mass is 10.1. The van der Waals surface area contributed by atoms with Crippen molar-refractivity contribution in [1.29, 1.82) is 0 Å². The molecule has 1 N–H and O–H groups in total. The molecule has 1 aromatic heterocycles. The summed E-state index contributed by atoms with van der Waals surface area (Å²) >= 11 is 5.97. The van der Waals surface area contributed by atoms with E-state index >= 15 is 0 Å². The summed E-state index contributed by atoms with van der Waals surface area (Å²) in [5, 5.41) is 3.48. The molecule has 0 aliphatic rings. The molecule has 0 spiro atoms. The van der Waals surface area contributed by atoms with Gasteiger partial charge in [0.2, 0.25) is 0 Å². The van der Waals surface area contributed by atoms with Gasteiger partial charge in [0, 0.05) is 25.2 Å². The number of anilines is 1. The van der Waals surface area contributed by atoms with Crippen molar-refractivity contribution in [2.75, 3.05) is 18.9 Å². The van der Waals surface area contributed by atoms with Crippen LogP contribution in [0.25, 0.3) is 0 Å². The first-order valence-corrected chi connectivity index (χ1v) is 7.06. The molecule has 106 valence electrons. The molecule has 1 heterocycles. The number of nitrogens with one attached hydrogen (secondary N) is 1. The number of hydrogen-bond donors (Lipinski definition) is 1. The minimum absolute atomic E-state index is 0.0294. The fourth-order valence-electron chi connectivity index (χ4n) is 1.64. The molecule has 0 aromatic carbocycles. The van der Waals surface area contributed by atoms with E-state index < -0.39 is 0 Å². The maximum absolute atomic E-state index is 12.3. The largest absolute Gasteiger partial charge is 0.370 e. The Kier molecular flexibility index (Phi) is 6.09. The van der Waals surface area contributed by atoms with Crippen LogP contribution < -0.4 is 5.32 Å². The van der Waals surface area contributed by atoms with Crippen LogP contribution >= 0.6 is 11.6 Å². The smallest absolute Gasteiger partial charge is 0.254 e. The average molecular weight is 284 g/mol. The Bertz CT molecular complexity index is 437. The minimum atomic E-state index is -0.0294. The number of halogens is 1. The lowest BCUT2D eigenvalue weighted by Gasteiger charge is -2.24. The number of amides is 1. The van der Waals surface area contributed by atoms with Gasteiger partial charge >= 0.3 is 0 Å². The van der Waals surface area contributed by atoms with Gasteiger partial charge in [0.25, 0.3) is 5.91 Å². The van der Waals surface area contributed by atoms with E-state index in [0.29, 0.717) is 16.5 Å². The fourth-order valence-corrected chi connectivity index (χ4v) is 1.85. The van der Waals surface area contributed by atoms with Crippen LogP contribution in [0.4, 0.5) is 5.82 Å². The van der Waals surface area contributed by atoms with Crippen LogP contribution in [0.2, 0.25) is 5.15 Å². The lowest BCUT2D eigenvalue weighted by Crippen LogP contribution is -2.34. The van der Waals surface area contributed by atoms with Crippen LogP contribution in [0.1, 0.15) is 44.0 Å². The Labute approximate surface area is 120 Å². The molecule has 1 amide bonds. The molecule has 0 bridgehead atoms. The molecule has 0 aliphatic carbocycles. The molecule has 5 heteroatoms. The third kappa shape index (κ3) is 4.39. The summed E-state index contributed by atoms with van der Waals surface area (Å²) < 4.78 is 0. The fraction of sp³-hybridized carbons (Fsp3) is 0.571. The summed E-state index contributed by atoms with van der Waals surface area (Å²) in [7, 11) is 1.81. The zero-order valence-corrected chi connectivity index (χ0v) is 12.8. The maximum atomic E-state index is 12.3. The van der Waals surface area contributed by atoms with Gasteiger partial charge in [0.1, 0.15) is 11.0 Å². The van der Waals surface area contributed by atoms with Gasteiger partial charge in [-0.3, -0.25) is 4.79 Å². The van der Waals surface area contributed by atoms with Crippen LogP contribution in [0.15, 0.2) is 12.1 Å². The zero-order valence-electron chi connectivity index (χ0n) is 12.0. The molecule has 1 aromatic rings. The van der Waals surface area contributed by atoms with E-state index in [1.165, 1.54) is 0 Å².